The largest absolute Gasteiger partial charge is 0.497 e. The minimum Gasteiger partial charge on any atom is -0.497 e. The summed E-state index contributed by atoms with van der Waals surface area (Å²) in [6.07, 6.45) is 3.32. The molecule has 3 heterocycles. The summed E-state index contributed by atoms with van der Waals surface area (Å²) in [6.45, 7) is 4.09. The molecule has 0 radical (unpaired) electrons. The number of benzene rings is 1. The van der Waals surface area contributed by atoms with Crippen molar-refractivity contribution in [2.45, 2.75) is 32.7 Å². The molecule has 6 nitrogen and oxygen atoms in total. The highest BCUT2D eigenvalue weighted by molar-refractivity contribution is 7.10. The van der Waals surface area contributed by atoms with Crippen molar-refractivity contribution in [2.24, 2.45) is 4.99 Å². The second-order valence-electron chi connectivity index (χ2n) is 7.20. The van der Waals surface area contributed by atoms with Gasteiger partial charge in [-0.2, -0.15) is 0 Å². The number of rotatable bonds is 7. The molecule has 166 valence electrons. The highest BCUT2D eigenvalue weighted by atomic mass is 32.1. The number of carbonyl (C=O) groups excluding carboxylic acids is 1. The van der Waals surface area contributed by atoms with E-state index in [2.05, 4.69) is 0 Å². The van der Waals surface area contributed by atoms with Gasteiger partial charge in [-0.1, -0.05) is 42.9 Å². The number of methoxy groups -OCH3 is 1. The Morgan fingerprint density at radius 1 is 1.22 bits per heavy atom. The second kappa shape index (κ2) is 9.67. The molecule has 0 saturated carbocycles. The van der Waals surface area contributed by atoms with Crippen LogP contribution in [0, 0.1) is 0 Å². The van der Waals surface area contributed by atoms with Gasteiger partial charge >= 0.3 is 5.97 Å². The van der Waals surface area contributed by atoms with E-state index in [1.807, 2.05) is 54.8 Å². The average molecular weight is 469 g/mol. The zero-order valence-corrected chi connectivity index (χ0v) is 19.8. The average Bonchev–Trinajstić information content (AvgIpc) is 3.43. The predicted octanol–water partition coefficient (Wildman–Crippen LogP) is 3.65. The van der Waals surface area contributed by atoms with E-state index < -0.39 is 12.0 Å². The van der Waals surface area contributed by atoms with Crippen LogP contribution in [0.15, 0.2) is 62.8 Å². The monoisotopic (exact) mass is 468 g/mol. The molecule has 0 saturated heterocycles. The first kappa shape index (κ1) is 22.2. The number of nitrogens with zero attached hydrogens (tertiary/aromatic N) is 2. The molecule has 0 spiro atoms. The Kier molecular flexibility index (Phi) is 6.72. The Morgan fingerprint density at radius 3 is 2.62 bits per heavy atom. The summed E-state index contributed by atoms with van der Waals surface area (Å²) in [7, 11) is 1.62. The Balaban J connectivity index is 1.93. The normalized spacial score (nSPS) is 16.0. The lowest BCUT2D eigenvalue weighted by Crippen LogP contribution is -2.39. The summed E-state index contributed by atoms with van der Waals surface area (Å²) < 4.78 is 12.8. The van der Waals surface area contributed by atoms with Crippen molar-refractivity contribution in [1.29, 1.82) is 0 Å². The molecule has 0 bridgehead atoms. The third-order valence-electron chi connectivity index (χ3n) is 5.12. The van der Waals surface area contributed by atoms with Crippen LogP contribution in [0.3, 0.4) is 0 Å². The Bertz CT molecular complexity index is 1320. The summed E-state index contributed by atoms with van der Waals surface area (Å²) in [6, 6.07) is 10.9. The maximum Gasteiger partial charge on any atom is 0.338 e. The number of esters is 1. The summed E-state index contributed by atoms with van der Waals surface area (Å²) in [5, 5.41) is 1.95. The molecule has 0 amide bonds. The van der Waals surface area contributed by atoms with E-state index in [9.17, 15) is 9.59 Å². The van der Waals surface area contributed by atoms with Crippen LogP contribution in [0.25, 0.3) is 6.08 Å². The molecule has 4 rings (SSSR count). The van der Waals surface area contributed by atoms with Gasteiger partial charge in [0, 0.05) is 4.88 Å². The van der Waals surface area contributed by atoms with Crippen molar-refractivity contribution in [3.63, 3.8) is 0 Å². The fourth-order valence-electron chi connectivity index (χ4n) is 3.69. The van der Waals surface area contributed by atoms with Gasteiger partial charge in [0.1, 0.15) is 11.8 Å². The van der Waals surface area contributed by atoms with Gasteiger partial charge in [0.25, 0.3) is 5.56 Å². The highest BCUT2D eigenvalue weighted by Gasteiger charge is 2.34. The summed E-state index contributed by atoms with van der Waals surface area (Å²) in [5.41, 5.74) is 1.88. The van der Waals surface area contributed by atoms with Crippen LogP contribution >= 0.6 is 22.7 Å². The summed E-state index contributed by atoms with van der Waals surface area (Å²) in [5.74, 6) is 0.340. The van der Waals surface area contributed by atoms with Gasteiger partial charge < -0.3 is 9.47 Å². The molecule has 8 heteroatoms. The number of hydrogen-bond acceptors (Lipinski definition) is 7. The van der Waals surface area contributed by atoms with E-state index in [0.717, 1.165) is 22.6 Å². The molecular formula is C24H24N2O4S2. The first-order valence-electron chi connectivity index (χ1n) is 10.5. The maximum atomic E-state index is 13.5. The Hall–Kier alpha value is -2.97. The number of thiazole rings is 1. The van der Waals surface area contributed by atoms with Gasteiger partial charge in [0.2, 0.25) is 0 Å². The number of thiophene rings is 1. The molecule has 1 unspecified atom stereocenters. The molecule has 0 N–H and O–H groups in total. The third kappa shape index (κ3) is 4.20. The molecule has 2 aromatic heterocycles. The molecule has 1 atom stereocenters. The quantitative estimate of drug-likeness (QED) is 0.497. The molecule has 1 aromatic carbocycles. The fourth-order valence-corrected chi connectivity index (χ4v) is 5.53. The molecular weight excluding hydrogens is 444 g/mol. The van der Waals surface area contributed by atoms with Crippen LogP contribution in [-0.2, 0) is 9.53 Å². The second-order valence-corrected chi connectivity index (χ2v) is 9.19. The number of aromatic nitrogens is 1. The zero-order valence-electron chi connectivity index (χ0n) is 18.2. The van der Waals surface area contributed by atoms with Gasteiger partial charge in [0.05, 0.1) is 29.5 Å². The smallest absolute Gasteiger partial charge is 0.338 e. The first-order chi connectivity index (χ1) is 15.6. The molecule has 1 aliphatic heterocycles. The van der Waals surface area contributed by atoms with Crippen molar-refractivity contribution >= 4 is 34.7 Å². The van der Waals surface area contributed by atoms with E-state index in [4.69, 9.17) is 14.5 Å². The summed E-state index contributed by atoms with van der Waals surface area (Å²) in [4.78, 5) is 32.8. The van der Waals surface area contributed by atoms with Crippen LogP contribution in [0.4, 0.5) is 0 Å². The molecule has 0 fully saturated rings. The number of carbonyl (C=O) groups is 1. The number of fused-ring (bicyclic) bond motifs is 1. The lowest BCUT2D eigenvalue weighted by molar-refractivity contribution is -0.139. The summed E-state index contributed by atoms with van der Waals surface area (Å²) >= 11 is 2.86. The van der Waals surface area contributed by atoms with Crippen molar-refractivity contribution in [2.75, 3.05) is 13.7 Å². The van der Waals surface area contributed by atoms with Gasteiger partial charge in [-0.3, -0.25) is 9.36 Å². The van der Waals surface area contributed by atoms with Crippen LogP contribution in [0.1, 0.15) is 43.2 Å². The number of hydrogen-bond donors (Lipinski definition) is 0. The molecule has 3 aromatic rings. The van der Waals surface area contributed by atoms with Crippen LogP contribution in [0.2, 0.25) is 0 Å². The fraction of sp³-hybridized carbons (Fsp3) is 0.292. The molecule has 32 heavy (non-hydrogen) atoms. The van der Waals surface area contributed by atoms with Crippen molar-refractivity contribution in [3.8, 4) is 5.75 Å². The minimum atomic E-state index is -0.537. The van der Waals surface area contributed by atoms with Crippen molar-refractivity contribution in [1.82, 2.24) is 4.57 Å². The van der Waals surface area contributed by atoms with Gasteiger partial charge in [0.15, 0.2) is 4.80 Å². The minimum absolute atomic E-state index is 0.166. The van der Waals surface area contributed by atoms with E-state index in [0.29, 0.717) is 27.0 Å². The lowest BCUT2D eigenvalue weighted by Gasteiger charge is -2.24. The van der Waals surface area contributed by atoms with Crippen LogP contribution in [-0.4, -0.2) is 24.3 Å². The van der Waals surface area contributed by atoms with Crippen LogP contribution in [0.5, 0.6) is 5.75 Å². The number of allylic oxidation sites excluding steroid dienone is 1. The zero-order chi connectivity index (χ0) is 22.7. The SMILES string of the molecule is CCCC1=C(C(=O)OCC)C(c2cccs2)n2c(s/c(=C\c3ccc(OC)cc3)c2=O)=N1. The van der Waals surface area contributed by atoms with E-state index in [-0.39, 0.29) is 12.2 Å². The predicted molar refractivity (Wildman–Crippen MR) is 127 cm³/mol. The van der Waals surface area contributed by atoms with Gasteiger partial charge in [-0.05, 0) is 48.6 Å². The topological polar surface area (TPSA) is 69.9 Å². The van der Waals surface area contributed by atoms with E-state index in [1.165, 1.54) is 22.7 Å². The Morgan fingerprint density at radius 2 is 2.00 bits per heavy atom. The maximum absolute atomic E-state index is 13.5. The molecule has 1 aliphatic rings. The number of ether oxygens (including phenoxy) is 2. The van der Waals surface area contributed by atoms with Gasteiger partial charge in [-0.25, -0.2) is 9.79 Å². The highest BCUT2D eigenvalue weighted by Crippen LogP contribution is 2.34. The van der Waals surface area contributed by atoms with Gasteiger partial charge in [-0.15, -0.1) is 11.3 Å². The first-order valence-corrected chi connectivity index (χ1v) is 12.2. The Labute approximate surface area is 193 Å². The third-order valence-corrected chi connectivity index (χ3v) is 7.03. The molecule has 0 aliphatic carbocycles. The van der Waals surface area contributed by atoms with Crippen molar-refractivity contribution in [3.05, 3.63) is 83.2 Å². The standard InChI is InChI=1S/C24H24N2O4S2/c1-4-7-17-20(23(28)30-5-2)21(18-8-6-13-31-18)26-22(27)19(32-24(26)25-17)14-15-9-11-16(29-3)12-10-15/h6,8-14,21H,4-5,7H2,1-3H3/b19-14-. The van der Waals surface area contributed by atoms with Crippen molar-refractivity contribution < 1.29 is 14.3 Å². The van der Waals surface area contributed by atoms with Crippen LogP contribution < -0.4 is 19.6 Å². The van der Waals surface area contributed by atoms with E-state index >= 15 is 0 Å². The lowest BCUT2D eigenvalue weighted by atomic mass is 9.99. The van der Waals surface area contributed by atoms with E-state index in [1.54, 1.807) is 18.6 Å².